The Morgan fingerprint density at radius 1 is 0.967 bits per heavy atom. The molecular formula is C25H25BrN2O2. The first-order chi connectivity index (χ1) is 14.7. The van der Waals surface area contributed by atoms with Gasteiger partial charge in [-0.25, -0.2) is 4.79 Å². The molecule has 0 unspecified atom stereocenters. The van der Waals surface area contributed by atoms with Crippen molar-refractivity contribution in [1.82, 2.24) is 4.90 Å². The summed E-state index contributed by atoms with van der Waals surface area (Å²) in [6.45, 7) is 2.76. The Kier molecular flexibility index (Phi) is 6.82. The molecule has 1 aliphatic heterocycles. The van der Waals surface area contributed by atoms with Gasteiger partial charge in [0.1, 0.15) is 6.10 Å². The van der Waals surface area contributed by atoms with Crippen LogP contribution in [-0.2, 0) is 11.3 Å². The number of hydrogen-bond acceptors (Lipinski definition) is 3. The molecule has 0 bridgehead atoms. The summed E-state index contributed by atoms with van der Waals surface area (Å²) in [6.07, 6.45) is 1.26. The Morgan fingerprint density at radius 3 is 2.47 bits per heavy atom. The topological polar surface area (TPSA) is 41.6 Å². The molecular weight excluding hydrogens is 440 g/mol. The molecule has 0 aromatic heterocycles. The van der Waals surface area contributed by atoms with Gasteiger partial charge in [0.15, 0.2) is 0 Å². The van der Waals surface area contributed by atoms with E-state index in [2.05, 4.69) is 44.3 Å². The van der Waals surface area contributed by atoms with E-state index in [0.29, 0.717) is 0 Å². The van der Waals surface area contributed by atoms with Crippen molar-refractivity contribution >= 4 is 27.7 Å². The number of likely N-dealkylation sites (tertiary alicyclic amines) is 1. The molecule has 5 heteroatoms. The molecule has 4 nitrogen and oxygen atoms in total. The fourth-order valence-corrected chi connectivity index (χ4v) is 4.28. The molecule has 4 rings (SSSR count). The summed E-state index contributed by atoms with van der Waals surface area (Å²) in [7, 11) is 0. The van der Waals surface area contributed by atoms with Gasteiger partial charge < -0.3 is 4.74 Å². The van der Waals surface area contributed by atoms with Gasteiger partial charge in [0.2, 0.25) is 0 Å². The van der Waals surface area contributed by atoms with Gasteiger partial charge >= 0.3 is 6.09 Å². The van der Waals surface area contributed by atoms with Crippen molar-refractivity contribution in [2.45, 2.75) is 25.5 Å². The molecule has 1 N–H and O–H groups in total. The van der Waals surface area contributed by atoms with E-state index < -0.39 is 0 Å². The van der Waals surface area contributed by atoms with E-state index >= 15 is 0 Å². The minimum absolute atomic E-state index is 0.0485. The number of hydrogen-bond donors (Lipinski definition) is 1. The zero-order chi connectivity index (χ0) is 20.8. The van der Waals surface area contributed by atoms with Gasteiger partial charge in [-0.1, -0.05) is 76.6 Å². The summed E-state index contributed by atoms with van der Waals surface area (Å²) in [5, 5.41) is 2.93. The lowest BCUT2D eigenvalue weighted by molar-refractivity contribution is 0.0567. The van der Waals surface area contributed by atoms with Gasteiger partial charge in [0, 0.05) is 29.7 Å². The maximum Gasteiger partial charge on any atom is 0.411 e. The molecule has 1 amide bonds. The van der Waals surface area contributed by atoms with Gasteiger partial charge in [0.25, 0.3) is 0 Å². The van der Waals surface area contributed by atoms with Crippen LogP contribution in [0.4, 0.5) is 10.5 Å². The minimum atomic E-state index is -0.385. The zero-order valence-corrected chi connectivity index (χ0v) is 18.3. The zero-order valence-electron chi connectivity index (χ0n) is 16.8. The van der Waals surface area contributed by atoms with Gasteiger partial charge in [-0.05, 0) is 42.2 Å². The number of carbonyl (C=O) groups is 1. The Hall–Kier alpha value is -2.63. The molecule has 154 valence electrons. The molecule has 0 spiro atoms. The van der Waals surface area contributed by atoms with E-state index in [1.165, 1.54) is 5.56 Å². The quantitative estimate of drug-likeness (QED) is 0.479. The highest BCUT2D eigenvalue weighted by atomic mass is 79.9. The highest BCUT2D eigenvalue weighted by Gasteiger charge is 2.22. The number of rotatable bonds is 5. The van der Waals surface area contributed by atoms with Crippen LogP contribution in [0.1, 0.15) is 18.4 Å². The average Bonchev–Trinajstić information content (AvgIpc) is 2.76. The fourth-order valence-electron chi connectivity index (χ4n) is 3.83. The standard InChI is InChI=1S/C25H25BrN2O2/c26-21-10-6-7-19(17-21)18-28-15-13-22(14-16-28)30-25(29)27-24-12-5-4-11-23(24)20-8-2-1-3-9-20/h1-12,17,22H,13-16,18H2,(H,27,29). The minimum Gasteiger partial charge on any atom is -0.446 e. The summed E-state index contributed by atoms with van der Waals surface area (Å²) < 4.78 is 6.82. The Morgan fingerprint density at radius 2 is 1.70 bits per heavy atom. The molecule has 30 heavy (non-hydrogen) atoms. The number of anilines is 1. The number of nitrogens with one attached hydrogen (secondary N) is 1. The van der Waals surface area contributed by atoms with Gasteiger partial charge in [-0.3, -0.25) is 10.2 Å². The molecule has 1 aliphatic rings. The van der Waals surface area contributed by atoms with Crippen LogP contribution in [0.2, 0.25) is 0 Å². The molecule has 1 fully saturated rings. The van der Waals surface area contributed by atoms with Crippen molar-refractivity contribution in [2.75, 3.05) is 18.4 Å². The molecule has 1 saturated heterocycles. The van der Waals surface area contributed by atoms with Crippen molar-refractivity contribution in [3.63, 3.8) is 0 Å². The number of halogens is 1. The van der Waals surface area contributed by atoms with Crippen LogP contribution in [-0.4, -0.2) is 30.2 Å². The highest BCUT2D eigenvalue weighted by Crippen LogP contribution is 2.28. The molecule has 1 heterocycles. The molecule has 0 saturated carbocycles. The average molecular weight is 465 g/mol. The van der Waals surface area contributed by atoms with Crippen LogP contribution in [0.25, 0.3) is 11.1 Å². The van der Waals surface area contributed by atoms with Crippen molar-refractivity contribution in [3.05, 3.63) is 88.9 Å². The number of piperidine rings is 1. The van der Waals surface area contributed by atoms with Crippen LogP contribution < -0.4 is 5.32 Å². The third-order valence-corrected chi connectivity index (χ3v) is 5.85. The lowest BCUT2D eigenvalue weighted by atomic mass is 10.0. The SMILES string of the molecule is O=C(Nc1ccccc1-c1ccccc1)OC1CCN(Cc2cccc(Br)c2)CC1. The Labute approximate surface area is 186 Å². The maximum absolute atomic E-state index is 12.5. The smallest absolute Gasteiger partial charge is 0.411 e. The number of amides is 1. The molecule has 3 aromatic rings. The number of carbonyl (C=O) groups excluding carboxylic acids is 1. The molecule has 0 aliphatic carbocycles. The van der Waals surface area contributed by atoms with Crippen LogP contribution >= 0.6 is 15.9 Å². The van der Waals surface area contributed by atoms with Gasteiger partial charge in [-0.15, -0.1) is 0 Å². The summed E-state index contributed by atoms with van der Waals surface area (Å²) in [5.41, 5.74) is 4.10. The lowest BCUT2D eigenvalue weighted by Gasteiger charge is -2.31. The van der Waals surface area contributed by atoms with Gasteiger partial charge in [0.05, 0.1) is 5.69 Å². The summed E-state index contributed by atoms with van der Waals surface area (Å²) in [5.74, 6) is 0. The first-order valence-electron chi connectivity index (χ1n) is 10.3. The second kappa shape index (κ2) is 9.92. The molecule has 0 atom stereocenters. The Balaban J connectivity index is 1.30. The summed E-state index contributed by atoms with van der Waals surface area (Å²) >= 11 is 3.53. The van der Waals surface area contributed by atoms with Crippen LogP contribution in [0.15, 0.2) is 83.3 Å². The van der Waals surface area contributed by atoms with E-state index in [9.17, 15) is 4.79 Å². The first kappa shape index (κ1) is 20.6. The van der Waals surface area contributed by atoms with E-state index in [0.717, 1.165) is 53.8 Å². The van der Waals surface area contributed by atoms with E-state index in [4.69, 9.17) is 4.74 Å². The van der Waals surface area contributed by atoms with Gasteiger partial charge in [-0.2, -0.15) is 0 Å². The number of nitrogens with zero attached hydrogens (tertiary/aromatic N) is 1. The third kappa shape index (κ3) is 5.49. The highest BCUT2D eigenvalue weighted by molar-refractivity contribution is 9.10. The van der Waals surface area contributed by atoms with Crippen LogP contribution in [0.5, 0.6) is 0 Å². The fraction of sp³-hybridized carbons (Fsp3) is 0.240. The van der Waals surface area contributed by atoms with E-state index in [1.54, 1.807) is 0 Å². The first-order valence-corrected chi connectivity index (χ1v) is 11.1. The monoisotopic (exact) mass is 464 g/mol. The predicted molar refractivity (Wildman–Crippen MR) is 124 cm³/mol. The second-order valence-corrected chi connectivity index (χ2v) is 8.46. The largest absolute Gasteiger partial charge is 0.446 e. The molecule has 3 aromatic carbocycles. The van der Waals surface area contributed by atoms with Crippen molar-refractivity contribution in [2.24, 2.45) is 0 Å². The van der Waals surface area contributed by atoms with Crippen LogP contribution in [0.3, 0.4) is 0 Å². The van der Waals surface area contributed by atoms with Crippen molar-refractivity contribution in [3.8, 4) is 11.1 Å². The summed E-state index contributed by atoms with van der Waals surface area (Å²) in [4.78, 5) is 14.9. The van der Waals surface area contributed by atoms with E-state index in [-0.39, 0.29) is 12.2 Å². The maximum atomic E-state index is 12.5. The predicted octanol–water partition coefficient (Wildman–Crippen LogP) is 6.33. The number of ether oxygens (including phenoxy) is 1. The second-order valence-electron chi connectivity index (χ2n) is 7.55. The molecule has 0 radical (unpaired) electrons. The number of benzene rings is 3. The number of para-hydroxylation sites is 1. The van der Waals surface area contributed by atoms with Crippen LogP contribution in [0, 0.1) is 0 Å². The lowest BCUT2D eigenvalue weighted by Crippen LogP contribution is -2.38. The van der Waals surface area contributed by atoms with E-state index in [1.807, 2.05) is 60.7 Å². The normalized spacial score (nSPS) is 15.0. The third-order valence-electron chi connectivity index (χ3n) is 5.35. The Bertz CT molecular complexity index is 985. The van der Waals surface area contributed by atoms with Crippen molar-refractivity contribution in [1.29, 1.82) is 0 Å². The summed E-state index contributed by atoms with van der Waals surface area (Å²) in [6, 6.07) is 26.2. The van der Waals surface area contributed by atoms with Crippen molar-refractivity contribution < 1.29 is 9.53 Å².